The number of ether oxygens (including phenoxy) is 2. The molecule has 1 N–H and O–H groups in total. The van der Waals surface area contributed by atoms with E-state index in [-0.39, 0.29) is 18.5 Å². The van der Waals surface area contributed by atoms with Crippen LogP contribution in [0.4, 0.5) is 0 Å². The number of hydrogen-bond donors (Lipinski definition) is 1. The minimum atomic E-state index is -0.564. The van der Waals surface area contributed by atoms with Crippen LogP contribution in [0.15, 0.2) is 54.6 Å². The van der Waals surface area contributed by atoms with Crippen LogP contribution >= 0.6 is 0 Å². The van der Waals surface area contributed by atoms with Gasteiger partial charge in [0, 0.05) is 19.6 Å². The molecule has 0 spiro atoms. The van der Waals surface area contributed by atoms with Gasteiger partial charge >= 0.3 is 5.97 Å². The lowest BCUT2D eigenvalue weighted by atomic mass is 9.97. The quantitative estimate of drug-likeness (QED) is 0.590. The Bertz CT molecular complexity index is 789. The van der Waals surface area contributed by atoms with Gasteiger partial charge in [-0.05, 0) is 56.2 Å². The molecule has 0 amide bonds. The topological polar surface area (TPSA) is 62.2 Å². The van der Waals surface area contributed by atoms with E-state index in [2.05, 4.69) is 53.2 Å². The lowest BCUT2D eigenvalue weighted by Crippen LogP contribution is -2.42. The summed E-state index contributed by atoms with van der Waals surface area (Å²) in [5, 5.41) is 10.3. The molecule has 1 fully saturated rings. The van der Waals surface area contributed by atoms with Crippen LogP contribution in [0.5, 0.6) is 5.75 Å². The molecule has 2 aromatic rings. The fourth-order valence-electron chi connectivity index (χ4n) is 4.01. The molecule has 1 aliphatic heterocycles. The Morgan fingerprint density at radius 1 is 1.06 bits per heavy atom. The van der Waals surface area contributed by atoms with E-state index in [0.717, 1.165) is 44.8 Å². The summed E-state index contributed by atoms with van der Waals surface area (Å²) in [6.07, 6.45) is 0.993. The highest BCUT2D eigenvalue weighted by atomic mass is 16.5. The van der Waals surface area contributed by atoms with Crippen LogP contribution < -0.4 is 4.74 Å². The number of aliphatic hydroxyl groups excluding tert-OH is 1. The van der Waals surface area contributed by atoms with Gasteiger partial charge in [-0.2, -0.15) is 0 Å². The number of aliphatic hydroxyl groups is 1. The molecule has 3 rings (SSSR count). The lowest BCUT2D eigenvalue weighted by molar-refractivity contribution is -0.147. The molecule has 0 saturated carbocycles. The van der Waals surface area contributed by atoms with Crippen LogP contribution in [-0.4, -0.2) is 67.4 Å². The number of esters is 1. The monoisotopic (exact) mass is 426 g/mol. The SMILES string of the molecule is COC(=O)C1CCN(C[C@H](O)COc2ccc(CN(C)Cc3ccccc3)cc2)CC1. The first kappa shape index (κ1) is 23.3. The molecule has 31 heavy (non-hydrogen) atoms. The number of β-amino-alcohol motifs (C(OH)–C–C–N with tert-alkyl or cyclic N) is 1. The van der Waals surface area contributed by atoms with Crippen molar-refractivity contribution in [2.75, 3.05) is 40.4 Å². The molecule has 6 heteroatoms. The second kappa shape index (κ2) is 11.8. The van der Waals surface area contributed by atoms with E-state index in [1.807, 2.05) is 18.2 Å². The fraction of sp³-hybridized carbons (Fsp3) is 0.480. The second-order valence-corrected chi connectivity index (χ2v) is 8.36. The van der Waals surface area contributed by atoms with E-state index in [0.29, 0.717) is 6.54 Å². The van der Waals surface area contributed by atoms with Crippen molar-refractivity contribution in [2.45, 2.75) is 32.0 Å². The van der Waals surface area contributed by atoms with Crippen molar-refractivity contribution in [3.8, 4) is 5.75 Å². The zero-order chi connectivity index (χ0) is 22.1. The van der Waals surface area contributed by atoms with Crippen LogP contribution in [0, 0.1) is 5.92 Å². The van der Waals surface area contributed by atoms with E-state index >= 15 is 0 Å². The average Bonchev–Trinajstić information content (AvgIpc) is 2.79. The highest BCUT2D eigenvalue weighted by Gasteiger charge is 2.26. The zero-order valence-corrected chi connectivity index (χ0v) is 18.6. The van der Waals surface area contributed by atoms with Gasteiger partial charge in [-0.15, -0.1) is 0 Å². The third kappa shape index (κ3) is 7.65. The van der Waals surface area contributed by atoms with Crippen LogP contribution in [0.3, 0.4) is 0 Å². The van der Waals surface area contributed by atoms with Gasteiger partial charge in [-0.25, -0.2) is 0 Å². The largest absolute Gasteiger partial charge is 0.491 e. The van der Waals surface area contributed by atoms with Gasteiger partial charge in [0.1, 0.15) is 18.5 Å². The molecule has 1 saturated heterocycles. The van der Waals surface area contributed by atoms with Gasteiger partial charge in [0.25, 0.3) is 0 Å². The molecule has 0 bridgehead atoms. The Kier molecular flexibility index (Phi) is 8.88. The average molecular weight is 427 g/mol. The van der Waals surface area contributed by atoms with E-state index in [1.54, 1.807) is 0 Å². The number of nitrogens with zero attached hydrogens (tertiary/aromatic N) is 2. The second-order valence-electron chi connectivity index (χ2n) is 8.36. The van der Waals surface area contributed by atoms with Gasteiger partial charge in [0.15, 0.2) is 0 Å². The Morgan fingerprint density at radius 2 is 1.68 bits per heavy atom. The molecule has 168 valence electrons. The van der Waals surface area contributed by atoms with Crippen molar-refractivity contribution >= 4 is 5.97 Å². The minimum Gasteiger partial charge on any atom is -0.491 e. The van der Waals surface area contributed by atoms with Crippen molar-refractivity contribution in [1.82, 2.24) is 9.80 Å². The number of rotatable bonds is 10. The van der Waals surface area contributed by atoms with Gasteiger partial charge < -0.3 is 19.5 Å². The summed E-state index contributed by atoms with van der Waals surface area (Å²) < 4.78 is 10.6. The van der Waals surface area contributed by atoms with Crippen molar-refractivity contribution in [3.63, 3.8) is 0 Å². The van der Waals surface area contributed by atoms with Crippen LogP contribution in [0.25, 0.3) is 0 Å². The van der Waals surface area contributed by atoms with E-state index in [4.69, 9.17) is 9.47 Å². The highest BCUT2D eigenvalue weighted by molar-refractivity contribution is 5.72. The summed E-state index contributed by atoms with van der Waals surface area (Å²) in [6, 6.07) is 18.5. The molecular formula is C25H34N2O4. The lowest BCUT2D eigenvalue weighted by Gasteiger charge is -2.31. The Hall–Kier alpha value is -2.41. The molecule has 1 aliphatic rings. The summed E-state index contributed by atoms with van der Waals surface area (Å²) in [7, 11) is 3.55. The molecule has 1 atom stereocenters. The molecule has 0 unspecified atom stereocenters. The van der Waals surface area contributed by atoms with Crippen LogP contribution in [-0.2, 0) is 22.6 Å². The Morgan fingerprint density at radius 3 is 2.29 bits per heavy atom. The molecule has 0 radical (unpaired) electrons. The number of piperidine rings is 1. The van der Waals surface area contributed by atoms with Crippen LogP contribution in [0.2, 0.25) is 0 Å². The van der Waals surface area contributed by atoms with Crippen LogP contribution in [0.1, 0.15) is 24.0 Å². The first-order valence-electron chi connectivity index (χ1n) is 11.0. The third-order valence-corrected chi connectivity index (χ3v) is 5.70. The summed E-state index contributed by atoms with van der Waals surface area (Å²) >= 11 is 0. The van der Waals surface area contributed by atoms with Crippen molar-refractivity contribution < 1.29 is 19.4 Å². The van der Waals surface area contributed by atoms with Crippen molar-refractivity contribution in [3.05, 3.63) is 65.7 Å². The number of carbonyl (C=O) groups excluding carboxylic acids is 1. The molecular weight excluding hydrogens is 392 g/mol. The zero-order valence-electron chi connectivity index (χ0n) is 18.6. The first-order valence-corrected chi connectivity index (χ1v) is 11.0. The highest BCUT2D eigenvalue weighted by Crippen LogP contribution is 2.19. The maximum absolute atomic E-state index is 11.6. The summed E-state index contributed by atoms with van der Waals surface area (Å²) in [4.78, 5) is 16.1. The summed E-state index contributed by atoms with van der Waals surface area (Å²) in [5.41, 5.74) is 2.52. The number of benzene rings is 2. The van der Waals surface area contributed by atoms with E-state index in [9.17, 15) is 9.90 Å². The predicted octanol–water partition coefficient (Wildman–Crippen LogP) is 2.94. The first-order chi connectivity index (χ1) is 15.0. The van der Waals surface area contributed by atoms with E-state index in [1.165, 1.54) is 18.2 Å². The summed E-state index contributed by atoms with van der Waals surface area (Å²) in [6.45, 7) is 4.16. The van der Waals surface area contributed by atoms with Gasteiger partial charge in [0.05, 0.1) is 13.0 Å². The third-order valence-electron chi connectivity index (χ3n) is 5.70. The standard InChI is InChI=1S/C25H34N2O4/c1-26(16-20-6-4-3-5-7-20)17-21-8-10-24(11-9-21)31-19-23(28)18-27-14-12-22(13-15-27)25(29)30-2/h3-11,22-23,28H,12-19H2,1-2H3/t23-/m0/s1. The van der Waals surface area contributed by atoms with Gasteiger partial charge in [-0.3, -0.25) is 9.69 Å². The molecule has 0 aliphatic carbocycles. The van der Waals surface area contributed by atoms with Crippen molar-refractivity contribution in [1.29, 1.82) is 0 Å². The number of hydrogen-bond acceptors (Lipinski definition) is 6. The maximum Gasteiger partial charge on any atom is 0.308 e. The number of methoxy groups -OCH3 is 1. The Labute approximate surface area is 185 Å². The summed E-state index contributed by atoms with van der Waals surface area (Å²) in [5.74, 6) is 0.621. The maximum atomic E-state index is 11.6. The molecule has 6 nitrogen and oxygen atoms in total. The smallest absolute Gasteiger partial charge is 0.308 e. The molecule has 0 aromatic heterocycles. The Balaban J connectivity index is 1.36. The minimum absolute atomic E-state index is 0.0140. The predicted molar refractivity (Wildman–Crippen MR) is 121 cm³/mol. The normalized spacial score (nSPS) is 16.3. The fourth-order valence-corrected chi connectivity index (χ4v) is 4.01. The van der Waals surface area contributed by atoms with Gasteiger partial charge in [0.2, 0.25) is 0 Å². The van der Waals surface area contributed by atoms with E-state index < -0.39 is 6.10 Å². The van der Waals surface area contributed by atoms with Crippen molar-refractivity contribution in [2.24, 2.45) is 5.92 Å². The molecule has 1 heterocycles. The molecule has 2 aromatic carbocycles. The number of carbonyl (C=O) groups is 1. The van der Waals surface area contributed by atoms with Gasteiger partial charge in [-0.1, -0.05) is 42.5 Å². The number of likely N-dealkylation sites (tertiary alicyclic amines) is 1.